The van der Waals surface area contributed by atoms with E-state index in [0.717, 1.165) is 33.9 Å². The summed E-state index contributed by atoms with van der Waals surface area (Å²) in [5.74, 6) is 0.0381. The summed E-state index contributed by atoms with van der Waals surface area (Å²) in [7, 11) is 0. The summed E-state index contributed by atoms with van der Waals surface area (Å²) in [5, 5.41) is 0. The number of aryl methyl sites for hydroxylation is 1. The molecule has 4 nitrogen and oxygen atoms in total. The van der Waals surface area contributed by atoms with Gasteiger partial charge in [0, 0.05) is 10.6 Å². The highest BCUT2D eigenvalue weighted by Crippen LogP contribution is 2.43. The Morgan fingerprint density at radius 1 is 0.967 bits per heavy atom. The van der Waals surface area contributed by atoms with Gasteiger partial charge < -0.3 is 4.74 Å². The van der Waals surface area contributed by atoms with Crippen LogP contribution in [0, 0.1) is 0 Å². The third-order valence-corrected chi connectivity index (χ3v) is 6.35. The van der Waals surface area contributed by atoms with Crippen LogP contribution in [0.3, 0.4) is 0 Å². The van der Waals surface area contributed by atoms with Crippen LogP contribution in [0.15, 0.2) is 83.8 Å². The van der Waals surface area contributed by atoms with Gasteiger partial charge in [-0.2, -0.15) is 0 Å². The number of rotatable bonds is 5. The molecule has 0 saturated heterocycles. The lowest BCUT2D eigenvalue weighted by Gasteiger charge is -2.37. The number of carbonyl (C=O) groups excluding carboxylic acids is 2. The van der Waals surface area contributed by atoms with Crippen LogP contribution in [0.1, 0.15) is 34.5 Å². The number of hydrogen-bond donors (Lipinski definition) is 0. The molecule has 1 aliphatic rings. The van der Waals surface area contributed by atoms with Crippen molar-refractivity contribution in [1.82, 2.24) is 0 Å². The van der Waals surface area contributed by atoms with E-state index >= 15 is 0 Å². The van der Waals surface area contributed by atoms with Crippen molar-refractivity contribution >= 4 is 29.3 Å². The number of carbonyl (C=O) groups is 2. The number of thioether (sulfide) groups is 1. The highest BCUT2D eigenvalue weighted by molar-refractivity contribution is 7.99. The van der Waals surface area contributed by atoms with Gasteiger partial charge in [-0.15, -0.1) is 11.8 Å². The molecule has 4 rings (SSSR count). The van der Waals surface area contributed by atoms with Gasteiger partial charge in [0.15, 0.2) is 6.61 Å². The van der Waals surface area contributed by atoms with E-state index in [4.69, 9.17) is 4.74 Å². The maximum Gasteiger partial charge on any atom is 0.338 e. The Morgan fingerprint density at radius 3 is 2.40 bits per heavy atom. The largest absolute Gasteiger partial charge is 0.452 e. The fourth-order valence-corrected chi connectivity index (χ4v) is 4.74. The average molecular weight is 418 g/mol. The zero-order chi connectivity index (χ0) is 20.9. The van der Waals surface area contributed by atoms with Crippen LogP contribution in [0.4, 0.5) is 5.69 Å². The summed E-state index contributed by atoms with van der Waals surface area (Å²) in [6.07, 6.45) is 0.904. The molecule has 3 aromatic carbocycles. The summed E-state index contributed by atoms with van der Waals surface area (Å²) < 4.78 is 5.38. The normalized spacial score (nSPS) is 15.4. The second kappa shape index (κ2) is 9.18. The minimum atomic E-state index is -0.484. The van der Waals surface area contributed by atoms with Crippen molar-refractivity contribution in [2.75, 3.05) is 17.3 Å². The quantitative estimate of drug-likeness (QED) is 0.530. The molecule has 0 fully saturated rings. The number of esters is 1. The molecule has 0 aromatic heterocycles. The maximum absolute atomic E-state index is 13.2. The predicted octanol–water partition coefficient (Wildman–Crippen LogP) is 5.29. The molecule has 30 heavy (non-hydrogen) atoms. The van der Waals surface area contributed by atoms with Gasteiger partial charge in [-0.1, -0.05) is 61.5 Å². The van der Waals surface area contributed by atoms with Crippen LogP contribution < -0.4 is 4.90 Å². The smallest absolute Gasteiger partial charge is 0.338 e. The fraction of sp³-hybridized carbons (Fsp3) is 0.200. The van der Waals surface area contributed by atoms with Gasteiger partial charge in [0.05, 0.1) is 17.3 Å². The standard InChI is InChI=1S/C25H23NO3S/c1-2-18-12-14-20(15-13-18)25(28)29-16-24(27)26-21-10-6-7-11-23(21)30-17-22(26)19-8-4-3-5-9-19/h3-15,22H,2,16-17H2,1H3/t22-/m0/s1. The van der Waals surface area contributed by atoms with E-state index in [1.807, 2.05) is 66.7 Å². The lowest BCUT2D eigenvalue weighted by molar-refractivity contribution is -0.122. The topological polar surface area (TPSA) is 46.6 Å². The van der Waals surface area contributed by atoms with Crippen LogP contribution in [0.25, 0.3) is 0 Å². The number of para-hydroxylation sites is 1. The Balaban J connectivity index is 1.54. The highest BCUT2D eigenvalue weighted by atomic mass is 32.2. The van der Waals surface area contributed by atoms with Crippen molar-refractivity contribution in [3.63, 3.8) is 0 Å². The van der Waals surface area contributed by atoms with E-state index in [-0.39, 0.29) is 18.6 Å². The number of anilines is 1. The lowest BCUT2D eigenvalue weighted by atomic mass is 10.1. The number of amides is 1. The van der Waals surface area contributed by atoms with Crippen LogP contribution >= 0.6 is 11.8 Å². The van der Waals surface area contributed by atoms with Crippen molar-refractivity contribution in [2.45, 2.75) is 24.3 Å². The van der Waals surface area contributed by atoms with Gasteiger partial charge in [-0.05, 0) is 41.8 Å². The molecule has 0 bridgehead atoms. The third kappa shape index (κ3) is 4.26. The van der Waals surface area contributed by atoms with Gasteiger partial charge >= 0.3 is 5.97 Å². The van der Waals surface area contributed by atoms with Crippen molar-refractivity contribution in [1.29, 1.82) is 0 Å². The van der Waals surface area contributed by atoms with Gasteiger partial charge in [0.25, 0.3) is 5.91 Å². The Hall–Kier alpha value is -3.05. The van der Waals surface area contributed by atoms with E-state index < -0.39 is 5.97 Å². The molecule has 0 spiro atoms. The second-order valence-corrected chi connectivity index (χ2v) is 8.16. The third-order valence-electron chi connectivity index (χ3n) is 5.21. The van der Waals surface area contributed by atoms with E-state index in [1.54, 1.807) is 28.8 Å². The molecule has 5 heteroatoms. The molecule has 0 unspecified atom stereocenters. The monoisotopic (exact) mass is 417 g/mol. The first kappa shape index (κ1) is 20.2. The molecule has 0 N–H and O–H groups in total. The Kier molecular flexibility index (Phi) is 6.19. The number of ether oxygens (including phenoxy) is 1. The van der Waals surface area contributed by atoms with Crippen LogP contribution in [0.2, 0.25) is 0 Å². The molecule has 3 aromatic rings. The summed E-state index contributed by atoms with van der Waals surface area (Å²) in [6.45, 7) is 1.76. The first-order valence-corrected chi connectivity index (χ1v) is 11.0. The molecule has 1 heterocycles. The van der Waals surface area contributed by atoms with Crippen molar-refractivity contribution in [2.24, 2.45) is 0 Å². The second-order valence-electron chi connectivity index (χ2n) is 7.10. The van der Waals surface area contributed by atoms with Crippen LogP contribution in [-0.4, -0.2) is 24.2 Å². The first-order valence-electron chi connectivity index (χ1n) is 10.0. The Morgan fingerprint density at radius 2 is 1.67 bits per heavy atom. The Labute approximate surface area is 180 Å². The molecular formula is C25H23NO3S. The van der Waals surface area contributed by atoms with E-state index in [2.05, 4.69) is 6.92 Å². The van der Waals surface area contributed by atoms with Crippen molar-refractivity contribution < 1.29 is 14.3 Å². The minimum absolute atomic E-state index is 0.110. The molecule has 1 amide bonds. The number of benzene rings is 3. The number of fused-ring (bicyclic) bond motifs is 1. The summed E-state index contributed by atoms with van der Waals surface area (Å²) in [6, 6.07) is 25.0. The van der Waals surface area contributed by atoms with Crippen molar-refractivity contribution in [3.05, 3.63) is 95.6 Å². The van der Waals surface area contributed by atoms with Crippen LogP contribution in [0.5, 0.6) is 0 Å². The molecular weight excluding hydrogens is 394 g/mol. The van der Waals surface area contributed by atoms with Crippen molar-refractivity contribution in [3.8, 4) is 0 Å². The van der Waals surface area contributed by atoms with E-state index in [9.17, 15) is 9.59 Å². The average Bonchev–Trinajstić information content (AvgIpc) is 2.82. The lowest BCUT2D eigenvalue weighted by Crippen LogP contribution is -2.41. The van der Waals surface area contributed by atoms with E-state index in [1.165, 1.54) is 0 Å². The summed E-state index contributed by atoms with van der Waals surface area (Å²) in [4.78, 5) is 28.5. The summed E-state index contributed by atoms with van der Waals surface area (Å²) >= 11 is 1.74. The van der Waals surface area contributed by atoms with Gasteiger partial charge in [0.1, 0.15) is 0 Å². The van der Waals surface area contributed by atoms with Gasteiger partial charge in [-0.25, -0.2) is 4.79 Å². The number of nitrogens with zero attached hydrogens (tertiary/aromatic N) is 1. The SMILES string of the molecule is CCc1ccc(C(=O)OCC(=O)N2c3ccccc3SC[C@H]2c2ccccc2)cc1. The maximum atomic E-state index is 13.2. The summed E-state index contributed by atoms with van der Waals surface area (Å²) in [5.41, 5.74) is 3.52. The molecule has 1 atom stereocenters. The number of hydrogen-bond acceptors (Lipinski definition) is 4. The minimum Gasteiger partial charge on any atom is -0.452 e. The predicted molar refractivity (Wildman–Crippen MR) is 120 cm³/mol. The van der Waals surface area contributed by atoms with Gasteiger partial charge in [-0.3, -0.25) is 9.69 Å². The van der Waals surface area contributed by atoms with E-state index in [0.29, 0.717) is 5.56 Å². The molecule has 0 saturated carbocycles. The molecule has 152 valence electrons. The van der Waals surface area contributed by atoms with Gasteiger partial charge in [0.2, 0.25) is 0 Å². The molecule has 0 aliphatic carbocycles. The first-order chi connectivity index (χ1) is 14.7. The Bertz CT molecular complexity index is 1030. The fourth-order valence-electron chi connectivity index (χ4n) is 3.57. The van der Waals surface area contributed by atoms with Crippen LogP contribution in [-0.2, 0) is 16.0 Å². The zero-order valence-corrected chi connectivity index (χ0v) is 17.6. The highest BCUT2D eigenvalue weighted by Gasteiger charge is 2.32. The molecule has 0 radical (unpaired) electrons. The zero-order valence-electron chi connectivity index (χ0n) is 16.8. The molecule has 1 aliphatic heterocycles.